The Hall–Kier alpha value is -3.29. The molecular formula is C21H26N4O4. The topological polar surface area (TPSA) is 84.0 Å². The largest absolute Gasteiger partial charge is 0.497 e. The van der Waals surface area contributed by atoms with Gasteiger partial charge in [0, 0.05) is 44.2 Å². The van der Waals surface area contributed by atoms with E-state index in [1.54, 1.807) is 24.4 Å². The number of anilines is 2. The van der Waals surface area contributed by atoms with Gasteiger partial charge < -0.3 is 24.6 Å². The molecule has 0 spiro atoms. The van der Waals surface area contributed by atoms with Crippen LogP contribution in [0, 0.1) is 0 Å². The van der Waals surface area contributed by atoms with Crippen molar-refractivity contribution in [2.75, 3.05) is 50.6 Å². The molecule has 3 rings (SSSR count). The molecule has 0 bridgehead atoms. The first kappa shape index (κ1) is 20.4. The van der Waals surface area contributed by atoms with Crippen LogP contribution in [-0.4, -0.2) is 62.1 Å². The Morgan fingerprint density at radius 3 is 2.21 bits per heavy atom. The van der Waals surface area contributed by atoms with Gasteiger partial charge in [0.25, 0.3) is 5.91 Å². The molecule has 0 unspecified atom stereocenters. The van der Waals surface area contributed by atoms with Gasteiger partial charge in [-0.15, -0.1) is 0 Å². The third kappa shape index (κ3) is 4.96. The minimum Gasteiger partial charge on any atom is -0.497 e. The van der Waals surface area contributed by atoms with E-state index in [4.69, 9.17) is 9.47 Å². The molecule has 2 heterocycles. The van der Waals surface area contributed by atoms with E-state index in [1.165, 1.54) is 14.2 Å². The molecule has 8 heteroatoms. The van der Waals surface area contributed by atoms with E-state index in [2.05, 4.69) is 15.2 Å². The maximum atomic E-state index is 12.6. The van der Waals surface area contributed by atoms with Gasteiger partial charge in [0.15, 0.2) is 0 Å². The molecule has 154 valence electrons. The Kier molecular flexibility index (Phi) is 6.54. The maximum absolute atomic E-state index is 12.6. The van der Waals surface area contributed by atoms with Gasteiger partial charge in [-0.25, -0.2) is 4.98 Å². The van der Waals surface area contributed by atoms with Crippen molar-refractivity contribution in [3.63, 3.8) is 0 Å². The summed E-state index contributed by atoms with van der Waals surface area (Å²) in [7, 11) is 3.08. The molecule has 0 atom stereocenters. The number of carbonyl (C=O) groups excluding carboxylic acids is 2. The molecule has 2 aromatic rings. The van der Waals surface area contributed by atoms with Crippen LogP contribution in [0.2, 0.25) is 0 Å². The highest BCUT2D eigenvalue weighted by Gasteiger charge is 2.20. The van der Waals surface area contributed by atoms with Gasteiger partial charge in [0.2, 0.25) is 5.91 Å². The number of benzene rings is 1. The summed E-state index contributed by atoms with van der Waals surface area (Å²) >= 11 is 0. The van der Waals surface area contributed by atoms with Gasteiger partial charge in [0.05, 0.1) is 26.1 Å². The summed E-state index contributed by atoms with van der Waals surface area (Å²) < 4.78 is 10.4. The molecule has 0 aliphatic carbocycles. The molecule has 1 N–H and O–H groups in total. The van der Waals surface area contributed by atoms with Crippen molar-refractivity contribution in [3.8, 4) is 11.5 Å². The zero-order valence-corrected chi connectivity index (χ0v) is 17.0. The van der Waals surface area contributed by atoms with Crippen molar-refractivity contribution < 1.29 is 19.1 Å². The smallest absolute Gasteiger partial charge is 0.255 e. The molecule has 1 aliphatic rings. The van der Waals surface area contributed by atoms with Gasteiger partial charge >= 0.3 is 0 Å². The molecule has 1 aromatic carbocycles. The number of pyridine rings is 1. The van der Waals surface area contributed by atoms with Crippen LogP contribution in [-0.2, 0) is 4.79 Å². The first-order chi connectivity index (χ1) is 14.0. The van der Waals surface area contributed by atoms with Crippen molar-refractivity contribution >= 4 is 23.3 Å². The molecule has 2 amide bonds. The van der Waals surface area contributed by atoms with Gasteiger partial charge in [-0.05, 0) is 24.3 Å². The van der Waals surface area contributed by atoms with Crippen molar-refractivity contribution in [2.24, 2.45) is 0 Å². The monoisotopic (exact) mass is 398 g/mol. The fourth-order valence-electron chi connectivity index (χ4n) is 3.20. The SMILES string of the molecule is CCC(=O)N1CCN(c2ccc(NC(=O)c3cc(OC)cc(OC)c3)cn2)CC1. The van der Waals surface area contributed by atoms with Crippen LogP contribution in [0.1, 0.15) is 23.7 Å². The Bertz CT molecular complexity index is 839. The van der Waals surface area contributed by atoms with Gasteiger partial charge in [-0.2, -0.15) is 0 Å². The summed E-state index contributed by atoms with van der Waals surface area (Å²) in [6, 6.07) is 8.70. The standard InChI is InChI=1S/C21H26N4O4/c1-4-20(26)25-9-7-24(8-10-25)19-6-5-16(14-22-19)23-21(27)15-11-17(28-2)13-18(12-15)29-3/h5-6,11-14H,4,7-10H2,1-3H3,(H,23,27). The molecule has 0 radical (unpaired) electrons. The van der Waals surface area contributed by atoms with E-state index in [0.29, 0.717) is 42.3 Å². The van der Waals surface area contributed by atoms with Crippen molar-refractivity contribution in [1.82, 2.24) is 9.88 Å². The first-order valence-corrected chi connectivity index (χ1v) is 9.57. The number of amides is 2. The highest BCUT2D eigenvalue weighted by molar-refractivity contribution is 6.04. The number of hydrogen-bond donors (Lipinski definition) is 1. The quantitative estimate of drug-likeness (QED) is 0.805. The van der Waals surface area contributed by atoms with Crippen LogP contribution in [0.4, 0.5) is 11.5 Å². The third-order valence-electron chi connectivity index (χ3n) is 4.88. The zero-order valence-electron chi connectivity index (χ0n) is 17.0. The number of hydrogen-bond acceptors (Lipinski definition) is 6. The molecule has 8 nitrogen and oxygen atoms in total. The van der Waals surface area contributed by atoms with Gasteiger partial charge in [-0.3, -0.25) is 9.59 Å². The van der Waals surface area contributed by atoms with E-state index in [1.807, 2.05) is 24.0 Å². The molecule has 1 saturated heterocycles. The summed E-state index contributed by atoms with van der Waals surface area (Å²) in [5.41, 5.74) is 1.03. The third-order valence-corrected chi connectivity index (χ3v) is 4.88. The highest BCUT2D eigenvalue weighted by atomic mass is 16.5. The number of carbonyl (C=O) groups is 2. The van der Waals surface area contributed by atoms with Crippen LogP contribution in [0.25, 0.3) is 0 Å². The molecule has 29 heavy (non-hydrogen) atoms. The minimum atomic E-state index is -0.275. The van der Waals surface area contributed by atoms with Gasteiger partial charge in [0.1, 0.15) is 17.3 Å². The van der Waals surface area contributed by atoms with E-state index in [9.17, 15) is 9.59 Å². The van der Waals surface area contributed by atoms with Crippen LogP contribution >= 0.6 is 0 Å². The first-order valence-electron chi connectivity index (χ1n) is 9.57. The lowest BCUT2D eigenvalue weighted by atomic mass is 10.2. The summed E-state index contributed by atoms with van der Waals surface area (Å²) in [4.78, 5) is 32.8. The van der Waals surface area contributed by atoms with E-state index in [-0.39, 0.29) is 11.8 Å². The average molecular weight is 398 g/mol. The summed E-state index contributed by atoms with van der Waals surface area (Å²) in [6.07, 6.45) is 2.17. The predicted octanol–water partition coefficient (Wildman–Crippen LogP) is 2.41. The highest BCUT2D eigenvalue weighted by Crippen LogP contribution is 2.23. The van der Waals surface area contributed by atoms with Crippen molar-refractivity contribution in [1.29, 1.82) is 0 Å². The summed E-state index contributed by atoms with van der Waals surface area (Å²) in [5.74, 6) is 1.83. The number of nitrogens with one attached hydrogen (secondary N) is 1. The Balaban J connectivity index is 1.62. The van der Waals surface area contributed by atoms with E-state index < -0.39 is 0 Å². The van der Waals surface area contributed by atoms with Gasteiger partial charge in [-0.1, -0.05) is 6.92 Å². The Labute approximate surface area is 170 Å². The Morgan fingerprint density at radius 1 is 1.03 bits per heavy atom. The number of aromatic nitrogens is 1. The second-order valence-electron chi connectivity index (χ2n) is 6.68. The molecule has 1 fully saturated rings. The normalized spacial score (nSPS) is 13.8. The van der Waals surface area contributed by atoms with Crippen LogP contribution in [0.15, 0.2) is 36.5 Å². The number of ether oxygens (including phenoxy) is 2. The maximum Gasteiger partial charge on any atom is 0.255 e. The van der Waals surface area contributed by atoms with Crippen molar-refractivity contribution in [2.45, 2.75) is 13.3 Å². The van der Waals surface area contributed by atoms with Crippen molar-refractivity contribution in [3.05, 3.63) is 42.1 Å². The lowest BCUT2D eigenvalue weighted by Crippen LogP contribution is -2.48. The number of piperazine rings is 1. The lowest BCUT2D eigenvalue weighted by molar-refractivity contribution is -0.131. The molecular weight excluding hydrogens is 372 g/mol. The predicted molar refractivity (Wildman–Crippen MR) is 111 cm³/mol. The lowest BCUT2D eigenvalue weighted by Gasteiger charge is -2.35. The number of rotatable bonds is 6. The van der Waals surface area contributed by atoms with E-state index in [0.717, 1.165) is 18.9 Å². The number of nitrogens with zero attached hydrogens (tertiary/aromatic N) is 3. The van der Waals surface area contributed by atoms with E-state index >= 15 is 0 Å². The second-order valence-corrected chi connectivity index (χ2v) is 6.68. The summed E-state index contributed by atoms with van der Waals surface area (Å²) in [5, 5.41) is 2.84. The molecule has 1 aliphatic heterocycles. The van der Waals surface area contributed by atoms with Crippen LogP contribution in [0.5, 0.6) is 11.5 Å². The Morgan fingerprint density at radius 2 is 1.69 bits per heavy atom. The minimum absolute atomic E-state index is 0.185. The fourth-order valence-corrected chi connectivity index (χ4v) is 3.20. The summed E-state index contributed by atoms with van der Waals surface area (Å²) in [6.45, 7) is 4.77. The average Bonchev–Trinajstić information content (AvgIpc) is 2.78. The molecule has 0 saturated carbocycles. The van der Waals surface area contributed by atoms with Crippen LogP contribution < -0.4 is 19.7 Å². The molecule has 1 aromatic heterocycles. The fraction of sp³-hybridized carbons (Fsp3) is 0.381. The van der Waals surface area contributed by atoms with Crippen LogP contribution in [0.3, 0.4) is 0 Å². The second kappa shape index (κ2) is 9.27. The zero-order chi connectivity index (χ0) is 20.8. The number of methoxy groups -OCH3 is 2.